The summed E-state index contributed by atoms with van der Waals surface area (Å²) in [7, 11) is 4.05. The van der Waals surface area contributed by atoms with E-state index in [9.17, 15) is 4.79 Å². The Morgan fingerprint density at radius 3 is 2.67 bits per heavy atom. The van der Waals surface area contributed by atoms with Gasteiger partial charge >= 0.3 is 0 Å². The number of rotatable bonds is 7. The molecule has 0 N–H and O–H groups in total. The van der Waals surface area contributed by atoms with Gasteiger partial charge in [0, 0.05) is 23.9 Å². The van der Waals surface area contributed by atoms with Crippen molar-refractivity contribution in [2.24, 2.45) is 0 Å². The number of hydrogen-bond acceptors (Lipinski definition) is 6. The summed E-state index contributed by atoms with van der Waals surface area (Å²) in [6, 6.07) is 16.0. The largest absolute Gasteiger partial charge is 0.492 e. The molecule has 0 aliphatic carbocycles. The summed E-state index contributed by atoms with van der Waals surface area (Å²) in [4.78, 5) is 19.4. The van der Waals surface area contributed by atoms with Gasteiger partial charge in [0.25, 0.3) is 5.56 Å². The van der Waals surface area contributed by atoms with Crippen LogP contribution >= 0.6 is 11.3 Å². The molecule has 0 atom stereocenters. The maximum absolute atomic E-state index is 12.4. The van der Waals surface area contributed by atoms with Crippen molar-refractivity contribution in [1.29, 1.82) is 0 Å². The summed E-state index contributed by atoms with van der Waals surface area (Å²) in [5.41, 5.74) is 4.20. The molecule has 0 aliphatic heterocycles. The van der Waals surface area contributed by atoms with Crippen LogP contribution in [0.25, 0.3) is 16.2 Å². The molecule has 30 heavy (non-hydrogen) atoms. The lowest BCUT2D eigenvalue weighted by Crippen LogP contribution is -2.19. The van der Waals surface area contributed by atoms with Gasteiger partial charge in [-0.25, -0.2) is 4.52 Å². The Balaban J connectivity index is 1.65. The summed E-state index contributed by atoms with van der Waals surface area (Å²) >= 11 is 1.42. The van der Waals surface area contributed by atoms with Gasteiger partial charge < -0.3 is 9.64 Å². The van der Waals surface area contributed by atoms with E-state index in [-0.39, 0.29) is 5.56 Å². The Hall–Kier alpha value is -3.03. The van der Waals surface area contributed by atoms with Crippen LogP contribution in [0.5, 0.6) is 5.75 Å². The molecular weight excluding hydrogens is 396 g/mol. The number of benzene rings is 2. The smallest absolute Gasteiger partial charge is 0.296 e. The zero-order chi connectivity index (χ0) is 21.1. The molecule has 4 aromatic rings. The van der Waals surface area contributed by atoms with E-state index in [0.717, 1.165) is 34.7 Å². The molecule has 2 aromatic carbocycles. The van der Waals surface area contributed by atoms with Crippen molar-refractivity contribution in [2.75, 3.05) is 27.2 Å². The lowest BCUT2D eigenvalue weighted by atomic mass is 10.1. The quantitative estimate of drug-likeness (QED) is 0.457. The van der Waals surface area contributed by atoms with Crippen LogP contribution in [0.1, 0.15) is 16.8 Å². The van der Waals surface area contributed by atoms with E-state index < -0.39 is 0 Å². The van der Waals surface area contributed by atoms with Gasteiger partial charge in [-0.15, -0.1) is 11.3 Å². The van der Waals surface area contributed by atoms with Crippen molar-refractivity contribution >= 4 is 16.3 Å². The fourth-order valence-corrected chi connectivity index (χ4v) is 4.02. The highest BCUT2D eigenvalue weighted by Crippen LogP contribution is 2.28. The second-order valence-electron chi connectivity index (χ2n) is 7.47. The van der Waals surface area contributed by atoms with Gasteiger partial charge in [0.1, 0.15) is 18.1 Å². The molecule has 2 heterocycles. The summed E-state index contributed by atoms with van der Waals surface area (Å²) in [6.45, 7) is 3.55. The third-order valence-corrected chi connectivity index (χ3v) is 5.65. The Labute approximate surface area is 179 Å². The lowest BCUT2D eigenvalue weighted by molar-refractivity contribution is 0.260. The monoisotopic (exact) mass is 420 g/mol. The first kappa shape index (κ1) is 20.3. The van der Waals surface area contributed by atoms with Crippen molar-refractivity contribution in [2.45, 2.75) is 13.3 Å². The van der Waals surface area contributed by atoms with Crippen LogP contribution in [0.2, 0.25) is 0 Å². The Morgan fingerprint density at radius 1 is 1.13 bits per heavy atom. The molecular formula is C23H24N4O2S. The Kier molecular flexibility index (Phi) is 5.92. The van der Waals surface area contributed by atoms with Gasteiger partial charge in [-0.2, -0.15) is 10.1 Å². The molecule has 4 rings (SSSR count). The van der Waals surface area contributed by atoms with Crippen molar-refractivity contribution in [3.05, 3.63) is 81.1 Å². The highest BCUT2D eigenvalue weighted by molar-refractivity contribution is 7.15. The maximum Gasteiger partial charge on any atom is 0.296 e. The van der Waals surface area contributed by atoms with Crippen LogP contribution in [0, 0.1) is 6.92 Å². The minimum Gasteiger partial charge on any atom is -0.492 e. The van der Waals surface area contributed by atoms with Gasteiger partial charge in [-0.1, -0.05) is 30.3 Å². The number of thiazole rings is 1. The van der Waals surface area contributed by atoms with E-state index in [2.05, 4.69) is 21.0 Å². The van der Waals surface area contributed by atoms with E-state index in [4.69, 9.17) is 4.74 Å². The highest BCUT2D eigenvalue weighted by Gasteiger charge is 2.13. The highest BCUT2D eigenvalue weighted by atomic mass is 32.1. The van der Waals surface area contributed by atoms with Gasteiger partial charge in [0.2, 0.25) is 4.96 Å². The molecule has 7 heteroatoms. The maximum atomic E-state index is 12.4. The average Bonchev–Trinajstić information content (AvgIpc) is 3.12. The molecule has 0 amide bonds. The zero-order valence-corrected chi connectivity index (χ0v) is 18.1. The van der Waals surface area contributed by atoms with Crippen molar-refractivity contribution in [3.8, 4) is 17.0 Å². The molecule has 0 aliphatic rings. The standard InChI is InChI=1S/C23H24N4O2S/c1-16-13-18(9-10-21(16)29-12-11-26(2)3)20-15-30-23-24-22(28)19(25-27(20)23)14-17-7-5-4-6-8-17/h4-10,13,15H,11-12,14H2,1-3H3. The topological polar surface area (TPSA) is 59.7 Å². The van der Waals surface area contributed by atoms with Crippen LogP contribution in [0.4, 0.5) is 0 Å². The number of aryl methyl sites for hydroxylation is 1. The second-order valence-corrected chi connectivity index (χ2v) is 8.31. The van der Waals surface area contributed by atoms with Gasteiger partial charge in [-0.3, -0.25) is 4.79 Å². The molecule has 0 bridgehead atoms. The van der Waals surface area contributed by atoms with Crippen LogP contribution in [-0.2, 0) is 6.42 Å². The first-order valence-electron chi connectivity index (χ1n) is 9.81. The Bertz CT molecular complexity index is 1220. The predicted molar refractivity (Wildman–Crippen MR) is 121 cm³/mol. The van der Waals surface area contributed by atoms with E-state index in [0.29, 0.717) is 23.7 Å². The third kappa shape index (κ3) is 4.42. The zero-order valence-electron chi connectivity index (χ0n) is 17.3. The molecule has 2 aromatic heterocycles. The average molecular weight is 421 g/mol. The lowest BCUT2D eigenvalue weighted by Gasteiger charge is -2.13. The van der Waals surface area contributed by atoms with Gasteiger partial charge in [-0.05, 0) is 50.3 Å². The molecule has 0 spiro atoms. The van der Waals surface area contributed by atoms with E-state index in [1.165, 1.54) is 11.3 Å². The second kappa shape index (κ2) is 8.77. The number of ether oxygens (including phenoxy) is 1. The van der Waals surface area contributed by atoms with Crippen molar-refractivity contribution < 1.29 is 4.74 Å². The van der Waals surface area contributed by atoms with Gasteiger partial charge in [0.05, 0.1) is 5.69 Å². The fraction of sp³-hybridized carbons (Fsp3) is 0.261. The number of hydrogen-bond donors (Lipinski definition) is 0. The van der Waals surface area contributed by atoms with E-state index in [1.807, 2.05) is 68.9 Å². The number of fused-ring (bicyclic) bond motifs is 1. The minimum atomic E-state index is -0.270. The molecule has 0 fully saturated rings. The van der Waals surface area contributed by atoms with Gasteiger partial charge in [0.15, 0.2) is 0 Å². The number of aromatic nitrogens is 3. The first-order chi connectivity index (χ1) is 14.5. The summed E-state index contributed by atoms with van der Waals surface area (Å²) in [6.07, 6.45) is 0.461. The number of nitrogens with zero attached hydrogens (tertiary/aromatic N) is 4. The fourth-order valence-electron chi connectivity index (χ4n) is 3.20. The van der Waals surface area contributed by atoms with E-state index >= 15 is 0 Å². The minimum absolute atomic E-state index is 0.270. The first-order valence-corrected chi connectivity index (χ1v) is 10.7. The third-order valence-electron chi connectivity index (χ3n) is 4.83. The van der Waals surface area contributed by atoms with Crippen LogP contribution in [0.15, 0.2) is 58.7 Å². The van der Waals surface area contributed by atoms with Crippen LogP contribution in [-0.4, -0.2) is 46.7 Å². The predicted octanol–water partition coefficient (Wildman–Crippen LogP) is 3.66. The molecule has 0 saturated heterocycles. The number of likely N-dealkylation sites (N-methyl/N-ethyl adjacent to an activating group) is 1. The SMILES string of the molecule is Cc1cc(-c2csc3nc(=O)c(Cc4ccccc4)nn23)ccc1OCCN(C)C. The summed E-state index contributed by atoms with van der Waals surface area (Å²) in [5.74, 6) is 0.878. The van der Waals surface area contributed by atoms with Crippen LogP contribution < -0.4 is 10.3 Å². The van der Waals surface area contributed by atoms with Crippen LogP contribution in [0.3, 0.4) is 0 Å². The normalized spacial score (nSPS) is 11.3. The Morgan fingerprint density at radius 2 is 1.93 bits per heavy atom. The molecule has 6 nitrogen and oxygen atoms in total. The summed E-state index contributed by atoms with van der Waals surface area (Å²) in [5, 5.41) is 6.63. The van der Waals surface area contributed by atoms with Crippen molar-refractivity contribution in [3.63, 3.8) is 0 Å². The molecule has 0 radical (unpaired) electrons. The molecule has 0 unspecified atom stereocenters. The van der Waals surface area contributed by atoms with E-state index in [1.54, 1.807) is 4.52 Å². The summed E-state index contributed by atoms with van der Waals surface area (Å²) < 4.78 is 7.66. The van der Waals surface area contributed by atoms with Crippen molar-refractivity contribution in [1.82, 2.24) is 19.5 Å². The molecule has 0 saturated carbocycles. The molecule has 154 valence electrons.